The lowest BCUT2D eigenvalue weighted by Crippen LogP contribution is -2.59. The fourth-order valence-electron chi connectivity index (χ4n) is 1.51. The van der Waals surface area contributed by atoms with Crippen molar-refractivity contribution in [3.05, 3.63) is 0 Å². The van der Waals surface area contributed by atoms with Crippen molar-refractivity contribution in [3.8, 4) is 0 Å². The molecular weight excluding hydrogens is 250 g/mol. The van der Waals surface area contributed by atoms with Crippen LogP contribution in [0, 0.1) is 11.8 Å². The maximum atomic E-state index is 10.9. The second-order valence-electron chi connectivity index (χ2n) is 3.82. The van der Waals surface area contributed by atoms with E-state index >= 15 is 0 Å². The van der Waals surface area contributed by atoms with Gasteiger partial charge in [-0.2, -0.15) is 12.6 Å². The van der Waals surface area contributed by atoms with Crippen LogP contribution in [0.2, 0.25) is 0 Å². The molecule has 0 spiro atoms. The molecule has 7 nitrogen and oxygen atoms in total. The topological polar surface area (TPSA) is 138 Å². The molecule has 0 aromatic carbocycles. The molecule has 0 aromatic heterocycles. The summed E-state index contributed by atoms with van der Waals surface area (Å²) in [6.07, 6.45) is 0. The number of rotatable bonds is 6. The van der Waals surface area contributed by atoms with Gasteiger partial charge in [-0.15, -0.1) is 0 Å². The summed E-state index contributed by atoms with van der Waals surface area (Å²) in [5, 5.41) is 26.6. The van der Waals surface area contributed by atoms with E-state index in [2.05, 4.69) is 12.6 Å². The van der Waals surface area contributed by atoms with Gasteiger partial charge in [0.25, 0.3) is 0 Å². The fraction of sp³-hybridized carbons (Fsp3) is 0.667. The van der Waals surface area contributed by atoms with E-state index in [1.54, 1.807) is 0 Å². The summed E-state index contributed by atoms with van der Waals surface area (Å²) in [4.78, 5) is 32.7. The highest BCUT2D eigenvalue weighted by molar-refractivity contribution is 7.82. The molecule has 3 atom stereocenters. The zero-order chi connectivity index (χ0) is 14.0. The first-order valence-electron chi connectivity index (χ1n) is 4.73. The Morgan fingerprint density at radius 1 is 1.00 bits per heavy atom. The summed E-state index contributed by atoms with van der Waals surface area (Å²) >= 11 is 3.95. The lowest BCUT2D eigenvalue weighted by atomic mass is 9.77. The van der Waals surface area contributed by atoms with Crippen molar-refractivity contribution in [2.45, 2.75) is 24.6 Å². The summed E-state index contributed by atoms with van der Waals surface area (Å²) in [7, 11) is 0. The zero-order valence-corrected chi connectivity index (χ0v) is 10.2. The van der Waals surface area contributed by atoms with E-state index in [-0.39, 0.29) is 0 Å². The van der Waals surface area contributed by atoms with Crippen LogP contribution in [0.3, 0.4) is 0 Å². The Kier molecular flexibility index (Phi) is 4.96. The van der Waals surface area contributed by atoms with E-state index in [0.717, 1.165) is 0 Å². The van der Waals surface area contributed by atoms with Gasteiger partial charge in [0.15, 0.2) is 0 Å². The standard InChI is InChI=1S/C9H15NO6S/c1-3(6(11)12)9(17,4(2)7(13)14)5(10)8(15)16/h3-5,17H,10H2,1-2H3,(H,11,12)(H,13,14)(H,15,16)/t3?,4?,5-,9?/m1/s1. The minimum absolute atomic E-state index is 1.18. The lowest BCUT2D eigenvalue weighted by molar-refractivity contribution is -0.149. The Labute approximate surface area is 103 Å². The molecule has 98 valence electrons. The number of hydrogen-bond acceptors (Lipinski definition) is 5. The molecule has 0 saturated heterocycles. The van der Waals surface area contributed by atoms with Crippen molar-refractivity contribution in [3.63, 3.8) is 0 Å². The largest absolute Gasteiger partial charge is 0.481 e. The summed E-state index contributed by atoms with van der Waals surface area (Å²) in [6.45, 7) is 2.36. The predicted molar refractivity (Wildman–Crippen MR) is 60.9 cm³/mol. The van der Waals surface area contributed by atoms with Crippen molar-refractivity contribution in [2.75, 3.05) is 0 Å². The third kappa shape index (κ3) is 2.89. The number of carboxylic acid groups (broad SMARTS) is 3. The van der Waals surface area contributed by atoms with E-state index in [1.165, 1.54) is 13.8 Å². The Balaban J connectivity index is 5.58. The average molecular weight is 265 g/mol. The number of aliphatic carboxylic acids is 3. The van der Waals surface area contributed by atoms with E-state index in [1.807, 2.05) is 0 Å². The van der Waals surface area contributed by atoms with Crippen LogP contribution in [0.25, 0.3) is 0 Å². The molecule has 0 heterocycles. The van der Waals surface area contributed by atoms with Crippen LogP contribution in [-0.2, 0) is 14.4 Å². The third-order valence-corrected chi connectivity index (χ3v) is 3.95. The van der Waals surface area contributed by atoms with Crippen LogP contribution in [0.1, 0.15) is 13.8 Å². The number of nitrogens with two attached hydrogens (primary N) is 1. The summed E-state index contributed by atoms with van der Waals surface area (Å²) in [6, 6.07) is -1.71. The monoisotopic (exact) mass is 265 g/mol. The number of hydrogen-bond donors (Lipinski definition) is 5. The van der Waals surface area contributed by atoms with Gasteiger partial charge >= 0.3 is 17.9 Å². The van der Waals surface area contributed by atoms with E-state index < -0.39 is 40.5 Å². The van der Waals surface area contributed by atoms with Crippen LogP contribution >= 0.6 is 12.6 Å². The van der Waals surface area contributed by atoms with Crippen LogP contribution < -0.4 is 5.73 Å². The highest BCUT2D eigenvalue weighted by atomic mass is 32.1. The average Bonchev–Trinajstić information content (AvgIpc) is 2.24. The minimum Gasteiger partial charge on any atom is -0.481 e. The number of carbonyl (C=O) groups is 3. The van der Waals surface area contributed by atoms with Gasteiger partial charge in [0.05, 0.1) is 16.6 Å². The molecule has 2 unspecified atom stereocenters. The van der Waals surface area contributed by atoms with Gasteiger partial charge in [-0.05, 0) is 0 Å². The van der Waals surface area contributed by atoms with Crippen molar-refractivity contribution in [1.29, 1.82) is 0 Å². The molecular formula is C9H15NO6S. The third-order valence-electron chi connectivity index (χ3n) is 2.89. The second kappa shape index (κ2) is 5.37. The molecule has 0 fully saturated rings. The number of thiol groups is 1. The van der Waals surface area contributed by atoms with Crippen molar-refractivity contribution in [1.82, 2.24) is 0 Å². The van der Waals surface area contributed by atoms with E-state index in [9.17, 15) is 14.4 Å². The highest BCUT2D eigenvalue weighted by Crippen LogP contribution is 2.36. The Morgan fingerprint density at radius 2 is 1.29 bits per heavy atom. The maximum absolute atomic E-state index is 10.9. The molecule has 0 saturated carbocycles. The Hall–Kier alpha value is -1.28. The molecule has 0 aliphatic carbocycles. The molecule has 8 heteroatoms. The molecule has 0 bridgehead atoms. The van der Waals surface area contributed by atoms with Gasteiger partial charge in [0, 0.05) is 0 Å². The zero-order valence-electron chi connectivity index (χ0n) is 9.32. The predicted octanol–water partition coefficient (Wildman–Crippen LogP) is -0.492. The molecule has 17 heavy (non-hydrogen) atoms. The van der Waals surface area contributed by atoms with Crippen LogP contribution in [0.5, 0.6) is 0 Å². The van der Waals surface area contributed by atoms with Gasteiger partial charge in [-0.3, -0.25) is 14.4 Å². The lowest BCUT2D eigenvalue weighted by Gasteiger charge is -2.38. The smallest absolute Gasteiger partial charge is 0.321 e. The quantitative estimate of drug-likeness (QED) is 0.408. The minimum atomic E-state index is -1.89. The van der Waals surface area contributed by atoms with Gasteiger partial charge < -0.3 is 21.1 Å². The van der Waals surface area contributed by atoms with Crippen molar-refractivity contribution in [2.24, 2.45) is 17.6 Å². The highest BCUT2D eigenvalue weighted by Gasteiger charge is 2.52. The van der Waals surface area contributed by atoms with Gasteiger partial charge in [0.1, 0.15) is 6.04 Å². The first-order valence-corrected chi connectivity index (χ1v) is 5.17. The molecule has 0 aliphatic rings. The van der Waals surface area contributed by atoms with Crippen LogP contribution in [0.4, 0.5) is 0 Å². The summed E-state index contributed by atoms with van der Waals surface area (Å²) in [5.74, 6) is -6.87. The Bertz CT molecular complexity index is 294. The molecule has 0 amide bonds. The SMILES string of the molecule is CC(C(=O)O)C(S)(C(C)C(=O)O)[C@H](N)C(=O)O. The molecule has 0 aliphatic heterocycles. The normalized spacial score (nSPS) is 19.8. The van der Waals surface area contributed by atoms with Crippen molar-refractivity contribution < 1.29 is 29.7 Å². The van der Waals surface area contributed by atoms with Gasteiger partial charge in [-0.25, -0.2) is 0 Å². The van der Waals surface area contributed by atoms with Crippen LogP contribution in [-0.4, -0.2) is 44.0 Å². The summed E-state index contributed by atoms with van der Waals surface area (Å²) < 4.78 is -1.89. The van der Waals surface area contributed by atoms with Gasteiger partial charge in [0.2, 0.25) is 0 Å². The molecule has 0 aromatic rings. The number of carboxylic acids is 3. The fourth-order valence-corrected chi connectivity index (χ4v) is 1.84. The van der Waals surface area contributed by atoms with E-state index in [0.29, 0.717) is 0 Å². The first-order chi connectivity index (χ1) is 7.56. The second-order valence-corrected chi connectivity index (χ2v) is 4.60. The van der Waals surface area contributed by atoms with Gasteiger partial charge in [-0.1, -0.05) is 13.8 Å². The summed E-state index contributed by atoms with van der Waals surface area (Å²) in [5.41, 5.74) is 5.37. The van der Waals surface area contributed by atoms with Crippen LogP contribution in [0.15, 0.2) is 0 Å². The van der Waals surface area contributed by atoms with Crippen molar-refractivity contribution >= 4 is 30.5 Å². The molecule has 0 radical (unpaired) electrons. The maximum Gasteiger partial charge on any atom is 0.321 e. The molecule has 5 N–H and O–H groups in total. The Morgan fingerprint density at radius 3 is 1.47 bits per heavy atom. The van der Waals surface area contributed by atoms with E-state index in [4.69, 9.17) is 21.1 Å². The first kappa shape index (κ1) is 15.7. The molecule has 0 rings (SSSR count).